The summed E-state index contributed by atoms with van der Waals surface area (Å²) in [6.45, 7) is 3.61. The van der Waals surface area contributed by atoms with Crippen LogP contribution >= 0.6 is 0 Å². The first-order valence-corrected chi connectivity index (χ1v) is 11.1. The van der Waals surface area contributed by atoms with Gasteiger partial charge in [-0.1, -0.05) is 25.5 Å². The number of amides is 1. The summed E-state index contributed by atoms with van der Waals surface area (Å²) in [7, 11) is 0. The number of nitrogens with zero attached hydrogens (tertiary/aromatic N) is 3. The molecular weight excluding hydrogens is 422 g/mol. The topological polar surface area (TPSA) is 97.8 Å². The first-order chi connectivity index (χ1) is 16.1. The van der Waals surface area contributed by atoms with Gasteiger partial charge in [-0.3, -0.25) is 9.59 Å². The number of furan rings is 1. The lowest BCUT2D eigenvalue weighted by molar-refractivity contribution is -0.140. The van der Waals surface area contributed by atoms with Crippen LogP contribution in [0.4, 0.5) is 0 Å². The molecule has 2 aromatic heterocycles. The molecule has 1 amide bonds. The van der Waals surface area contributed by atoms with E-state index in [0.29, 0.717) is 43.2 Å². The number of likely N-dealkylation sites (tertiary alicyclic amines) is 1. The van der Waals surface area contributed by atoms with Crippen LogP contribution in [0.25, 0.3) is 5.76 Å². The van der Waals surface area contributed by atoms with E-state index in [9.17, 15) is 14.7 Å². The Hall–Kier alpha value is -3.81. The van der Waals surface area contributed by atoms with Crippen LogP contribution in [0.1, 0.15) is 43.6 Å². The number of hydrogen-bond donors (Lipinski definition) is 1. The van der Waals surface area contributed by atoms with Gasteiger partial charge in [0.25, 0.3) is 11.7 Å². The molecule has 0 spiro atoms. The number of ether oxygens (including phenoxy) is 1. The van der Waals surface area contributed by atoms with Gasteiger partial charge in [0.15, 0.2) is 0 Å². The first-order valence-electron chi connectivity index (χ1n) is 11.1. The molecule has 1 unspecified atom stereocenters. The zero-order chi connectivity index (χ0) is 23.2. The van der Waals surface area contributed by atoms with Gasteiger partial charge in [0.05, 0.1) is 24.8 Å². The van der Waals surface area contributed by atoms with E-state index >= 15 is 0 Å². The molecule has 3 heterocycles. The van der Waals surface area contributed by atoms with Crippen LogP contribution in [0.15, 0.2) is 71.4 Å². The monoisotopic (exact) mass is 449 g/mol. The Balaban J connectivity index is 1.64. The third-order valence-electron chi connectivity index (χ3n) is 5.60. The van der Waals surface area contributed by atoms with Gasteiger partial charge in [-0.05, 0) is 37.1 Å². The summed E-state index contributed by atoms with van der Waals surface area (Å²) < 4.78 is 13.2. The van der Waals surface area contributed by atoms with Gasteiger partial charge in [0.2, 0.25) is 0 Å². The summed E-state index contributed by atoms with van der Waals surface area (Å²) in [6, 6.07) is 9.52. The molecule has 0 bridgehead atoms. The zero-order valence-corrected chi connectivity index (χ0v) is 18.5. The first kappa shape index (κ1) is 22.4. The van der Waals surface area contributed by atoms with Crippen LogP contribution in [0, 0.1) is 0 Å². The smallest absolute Gasteiger partial charge is 0.295 e. The lowest BCUT2D eigenvalue weighted by Gasteiger charge is -2.23. The Bertz CT molecular complexity index is 1120. The van der Waals surface area contributed by atoms with E-state index in [-0.39, 0.29) is 11.3 Å². The molecule has 1 N–H and O–H groups in total. The minimum Gasteiger partial charge on any atom is -0.507 e. The van der Waals surface area contributed by atoms with Crippen molar-refractivity contribution in [3.05, 3.63) is 78.3 Å². The minimum atomic E-state index is -0.799. The number of ketones is 1. The van der Waals surface area contributed by atoms with E-state index in [1.165, 1.54) is 11.2 Å². The molecule has 0 aliphatic carbocycles. The van der Waals surface area contributed by atoms with E-state index < -0.39 is 17.7 Å². The summed E-state index contributed by atoms with van der Waals surface area (Å²) in [5, 5.41) is 11.1. The normalized spacial score (nSPS) is 17.6. The summed E-state index contributed by atoms with van der Waals surface area (Å²) in [4.78, 5) is 31.4. The molecule has 1 atom stereocenters. The van der Waals surface area contributed by atoms with Gasteiger partial charge >= 0.3 is 0 Å². The number of imidazole rings is 1. The molecule has 33 heavy (non-hydrogen) atoms. The predicted molar refractivity (Wildman–Crippen MR) is 121 cm³/mol. The number of aliphatic hydroxyl groups excluding tert-OH is 1. The molecule has 1 fully saturated rings. The maximum atomic E-state index is 13.0. The molecule has 1 aliphatic rings. The van der Waals surface area contributed by atoms with Crippen LogP contribution in [-0.2, 0) is 16.1 Å². The van der Waals surface area contributed by atoms with Gasteiger partial charge in [0, 0.05) is 31.0 Å². The lowest BCUT2D eigenvalue weighted by atomic mass is 9.99. The van der Waals surface area contributed by atoms with Gasteiger partial charge in [-0.15, -0.1) is 0 Å². The highest BCUT2D eigenvalue weighted by molar-refractivity contribution is 6.46. The maximum Gasteiger partial charge on any atom is 0.295 e. The molecule has 0 radical (unpaired) electrons. The minimum absolute atomic E-state index is 0.0169. The average Bonchev–Trinajstić information content (AvgIpc) is 3.58. The van der Waals surface area contributed by atoms with Crippen molar-refractivity contribution in [1.82, 2.24) is 14.5 Å². The van der Waals surface area contributed by atoms with E-state index in [4.69, 9.17) is 9.15 Å². The van der Waals surface area contributed by atoms with Crippen molar-refractivity contribution in [3.63, 3.8) is 0 Å². The highest BCUT2D eigenvalue weighted by atomic mass is 16.5. The van der Waals surface area contributed by atoms with Gasteiger partial charge < -0.3 is 23.7 Å². The molecule has 0 saturated carbocycles. The highest BCUT2D eigenvalue weighted by Crippen LogP contribution is 2.40. The van der Waals surface area contributed by atoms with Gasteiger partial charge in [-0.25, -0.2) is 4.98 Å². The number of aliphatic hydroxyl groups is 1. The maximum absolute atomic E-state index is 13.0. The third kappa shape index (κ3) is 4.84. The Labute approximate surface area is 192 Å². The van der Waals surface area contributed by atoms with E-state index in [2.05, 4.69) is 11.9 Å². The standard InChI is InChI=1S/C25H27N3O5/c1-2-3-14-32-19-8-4-7-18(16-19)23(29)21-22(20-9-5-15-33-20)28(25(31)24(21)30)12-6-11-27-13-10-26-17-27/h4-5,7-10,13,15-17,22,29H,2-3,6,11-12,14H2,1H3/b23-21-. The van der Waals surface area contributed by atoms with Crippen molar-refractivity contribution in [1.29, 1.82) is 0 Å². The van der Waals surface area contributed by atoms with Gasteiger partial charge in [0.1, 0.15) is 23.3 Å². The Morgan fingerprint density at radius 2 is 2.06 bits per heavy atom. The number of hydrogen-bond acceptors (Lipinski definition) is 6. The molecule has 3 aromatic rings. The van der Waals surface area contributed by atoms with Crippen LogP contribution in [-0.4, -0.2) is 44.4 Å². The van der Waals surface area contributed by atoms with E-state index in [1.807, 2.05) is 10.8 Å². The average molecular weight is 450 g/mol. The number of carbonyl (C=O) groups is 2. The quantitative estimate of drug-likeness (QED) is 0.216. The molecule has 1 aromatic carbocycles. The number of carbonyl (C=O) groups excluding carboxylic acids is 2. The molecule has 4 rings (SSSR count). The van der Waals surface area contributed by atoms with Crippen LogP contribution in [0.2, 0.25) is 0 Å². The van der Waals surface area contributed by atoms with Crippen molar-refractivity contribution in [2.45, 2.75) is 38.8 Å². The molecule has 172 valence electrons. The number of aromatic nitrogens is 2. The number of Topliss-reactive ketones (excluding diaryl/α,β-unsaturated/α-hetero) is 1. The third-order valence-corrected chi connectivity index (χ3v) is 5.60. The van der Waals surface area contributed by atoms with Crippen LogP contribution in [0.3, 0.4) is 0 Å². The lowest BCUT2D eigenvalue weighted by Crippen LogP contribution is -2.31. The fourth-order valence-corrected chi connectivity index (χ4v) is 3.92. The number of unbranched alkanes of at least 4 members (excludes halogenated alkanes) is 1. The van der Waals surface area contributed by atoms with Crippen molar-refractivity contribution >= 4 is 17.4 Å². The highest BCUT2D eigenvalue weighted by Gasteiger charge is 2.47. The second kappa shape index (κ2) is 10.2. The van der Waals surface area contributed by atoms with Crippen molar-refractivity contribution in [2.24, 2.45) is 0 Å². The summed E-state index contributed by atoms with van der Waals surface area (Å²) in [5.74, 6) is -0.606. The number of rotatable bonds is 10. The molecule has 8 heteroatoms. The Morgan fingerprint density at radius 1 is 1.18 bits per heavy atom. The summed E-state index contributed by atoms with van der Waals surface area (Å²) in [6.07, 6.45) is 9.26. The van der Waals surface area contributed by atoms with Crippen molar-refractivity contribution in [3.8, 4) is 5.75 Å². The number of benzene rings is 1. The number of aryl methyl sites for hydroxylation is 1. The van der Waals surface area contributed by atoms with E-state index in [1.54, 1.807) is 48.9 Å². The van der Waals surface area contributed by atoms with E-state index in [0.717, 1.165) is 12.8 Å². The summed E-state index contributed by atoms with van der Waals surface area (Å²) in [5.41, 5.74) is 0.431. The Morgan fingerprint density at radius 3 is 2.79 bits per heavy atom. The van der Waals surface area contributed by atoms with Crippen molar-refractivity contribution < 1.29 is 23.8 Å². The second-order valence-electron chi connectivity index (χ2n) is 7.89. The molecular formula is C25H27N3O5. The predicted octanol–water partition coefficient (Wildman–Crippen LogP) is 4.17. The van der Waals surface area contributed by atoms with Gasteiger partial charge in [-0.2, -0.15) is 0 Å². The van der Waals surface area contributed by atoms with Crippen LogP contribution in [0.5, 0.6) is 5.75 Å². The van der Waals surface area contributed by atoms with Crippen LogP contribution < -0.4 is 4.74 Å². The molecule has 1 aliphatic heterocycles. The molecule has 8 nitrogen and oxygen atoms in total. The SMILES string of the molecule is CCCCOc1cccc(/C(O)=C2/C(=O)C(=O)N(CCCn3ccnc3)C2c2ccco2)c1. The fraction of sp³-hybridized carbons (Fsp3) is 0.320. The molecule has 1 saturated heterocycles. The fourth-order valence-electron chi connectivity index (χ4n) is 3.92. The largest absolute Gasteiger partial charge is 0.507 e. The second-order valence-corrected chi connectivity index (χ2v) is 7.89. The zero-order valence-electron chi connectivity index (χ0n) is 18.5. The summed E-state index contributed by atoms with van der Waals surface area (Å²) >= 11 is 0. The Kier molecular flexibility index (Phi) is 6.92. The van der Waals surface area contributed by atoms with Crippen molar-refractivity contribution in [2.75, 3.05) is 13.2 Å².